The number of fused-ring (bicyclic) bond motifs is 1. The summed E-state index contributed by atoms with van der Waals surface area (Å²) in [6, 6.07) is 0.204. The van der Waals surface area contributed by atoms with Gasteiger partial charge in [-0.3, -0.25) is 9.51 Å². The zero-order chi connectivity index (χ0) is 27.8. The van der Waals surface area contributed by atoms with E-state index in [1.54, 1.807) is 0 Å². The van der Waals surface area contributed by atoms with Gasteiger partial charge in [-0.1, -0.05) is 21.9 Å². The molecule has 2 fully saturated rings. The Balaban J connectivity index is 1.45. The minimum Gasteiger partial charge on any atom is -0.365 e. The van der Waals surface area contributed by atoms with E-state index in [4.69, 9.17) is 30.5 Å². The molecular weight excluding hydrogens is 512 g/mol. The van der Waals surface area contributed by atoms with E-state index < -0.39 is 5.76 Å². The van der Waals surface area contributed by atoms with Crippen LogP contribution in [0.2, 0.25) is 0 Å². The van der Waals surface area contributed by atoms with Crippen molar-refractivity contribution in [1.29, 1.82) is 0 Å². The van der Waals surface area contributed by atoms with E-state index in [9.17, 15) is 4.79 Å². The van der Waals surface area contributed by atoms with Gasteiger partial charge in [0, 0.05) is 25.6 Å². The normalized spacial score (nSPS) is 20.2. The summed E-state index contributed by atoms with van der Waals surface area (Å²) in [5, 5.41) is 15.5. The van der Waals surface area contributed by atoms with Crippen molar-refractivity contribution in [2.24, 2.45) is 17.8 Å². The monoisotopic (exact) mass is 546 g/mol. The zero-order valence-corrected chi connectivity index (χ0v) is 23.1. The highest BCUT2D eigenvalue weighted by molar-refractivity contribution is 5.87. The van der Waals surface area contributed by atoms with Gasteiger partial charge in [0.1, 0.15) is 16.9 Å². The molecule has 40 heavy (non-hydrogen) atoms. The second kappa shape index (κ2) is 10.7. The van der Waals surface area contributed by atoms with Crippen LogP contribution in [0.15, 0.2) is 13.9 Å². The number of aromatic amines is 1. The molecule has 0 saturated heterocycles. The molecule has 0 radical (unpaired) electrons. The van der Waals surface area contributed by atoms with Crippen LogP contribution in [0.25, 0.3) is 22.8 Å². The predicted molar refractivity (Wildman–Crippen MR) is 147 cm³/mol. The fourth-order valence-corrected chi connectivity index (χ4v) is 5.75. The van der Waals surface area contributed by atoms with Crippen LogP contribution in [0, 0.1) is 37.0 Å². The summed E-state index contributed by atoms with van der Waals surface area (Å²) < 4.78 is 11.9. The lowest BCUT2D eigenvalue weighted by Crippen LogP contribution is -2.31. The number of aromatic nitrogens is 8. The number of aryl methyl sites for hydroxylation is 1. The Bertz CT molecular complexity index is 1580. The van der Waals surface area contributed by atoms with E-state index in [0.29, 0.717) is 35.8 Å². The summed E-state index contributed by atoms with van der Waals surface area (Å²) in [6.45, 7) is 5.26. The van der Waals surface area contributed by atoms with Crippen molar-refractivity contribution in [3.05, 3.63) is 21.9 Å². The predicted octanol–water partition coefficient (Wildman–Crippen LogP) is 3.54. The Morgan fingerprint density at radius 1 is 1.15 bits per heavy atom. The van der Waals surface area contributed by atoms with Gasteiger partial charge in [-0.05, 0) is 64.2 Å². The van der Waals surface area contributed by atoms with Gasteiger partial charge >= 0.3 is 5.76 Å². The number of H-pyrrole nitrogens is 1. The largest absolute Gasteiger partial charge is 0.439 e. The van der Waals surface area contributed by atoms with Crippen molar-refractivity contribution < 1.29 is 9.15 Å². The Hall–Kier alpha value is -4.21. The summed E-state index contributed by atoms with van der Waals surface area (Å²) in [4.78, 5) is 30.9. The molecule has 13 heteroatoms. The second-order valence-electron chi connectivity index (χ2n) is 11.2. The lowest BCUT2D eigenvalue weighted by Gasteiger charge is -2.32. The first kappa shape index (κ1) is 26.0. The molecular formula is C27H34N10O3. The molecule has 0 aromatic carbocycles. The van der Waals surface area contributed by atoms with Gasteiger partial charge < -0.3 is 14.8 Å². The molecule has 6 rings (SSSR count). The average Bonchev–Trinajstić information content (AvgIpc) is 3.62. The number of anilines is 2. The van der Waals surface area contributed by atoms with Gasteiger partial charge in [0.2, 0.25) is 17.6 Å². The molecule has 4 aromatic rings. The zero-order valence-electron chi connectivity index (χ0n) is 23.1. The molecule has 0 aliphatic heterocycles. The van der Waals surface area contributed by atoms with Crippen molar-refractivity contribution in [3.63, 3.8) is 0 Å². The van der Waals surface area contributed by atoms with Crippen LogP contribution in [0.5, 0.6) is 0 Å². The van der Waals surface area contributed by atoms with E-state index in [1.165, 1.54) is 19.3 Å². The molecule has 2 aliphatic rings. The molecule has 13 nitrogen and oxygen atoms in total. The highest BCUT2D eigenvalue weighted by atomic mass is 16.6. The Labute approximate surface area is 231 Å². The van der Waals surface area contributed by atoms with E-state index >= 15 is 0 Å². The van der Waals surface area contributed by atoms with Crippen molar-refractivity contribution in [1.82, 2.24) is 40.0 Å². The van der Waals surface area contributed by atoms with E-state index in [0.717, 1.165) is 55.1 Å². The van der Waals surface area contributed by atoms with E-state index in [-0.39, 0.29) is 17.7 Å². The van der Waals surface area contributed by atoms with Crippen LogP contribution in [0.1, 0.15) is 63.3 Å². The topological polar surface area (TPSA) is 157 Å². The van der Waals surface area contributed by atoms with E-state index in [2.05, 4.69) is 43.2 Å². The smallest absolute Gasteiger partial charge is 0.365 e. The summed E-state index contributed by atoms with van der Waals surface area (Å²) in [5.41, 5.74) is 2.79. The van der Waals surface area contributed by atoms with Gasteiger partial charge in [-0.15, -0.1) is 12.3 Å². The standard InChI is InChI=1S/C27H34N10O3/c1-5-17-9-11-18(12-10-17)13-37-21-22(28-15(2)19-7-6-8-19)29-24(25-32-27(38)39-35-25)30-23(21)31-26(37)36(4)14-20-16(3)33-40-34-20/h1,15,17-19H,6-14H2,2-4H3,(H,28,29,30)(H,32,35,38)/t15-,17?,18?/m1/s1. The Morgan fingerprint density at radius 2 is 1.95 bits per heavy atom. The van der Waals surface area contributed by atoms with Crippen molar-refractivity contribution in [2.45, 2.75) is 77.9 Å². The third kappa shape index (κ3) is 5.05. The molecule has 0 unspecified atom stereocenters. The maximum absolute atomic E-state index is 11.7. The third-order valence-electron chi connectivity index (χ3n) is 8.45. The van der Waals surface area contributed by atoms with Crippen LogP contribution >= 0.6 is 0 Å². The maximum atomic E-state index is 11.7. The fraction of sp³-hybridized carbons (Fsp3) is 0.593. The molecule has 0 bridgehead atoms. The molecule has 4 aromatic heterocycles. The summed E-state index contributed by atoms with van der Waals surface area (Å²) in [6.07, 6.45) is 13.5. The fourth-order valence-electron chi connectivity index (χ4n) is 5.75. The van der Waals surface area contributed by atoms with Crippen LogP contribution < -0.4 is 16.0 Å². The number of nitrogens with one attached hydrogen (secondary N) is 2. The number of imidazole rings is 1. The molecule has 2 aliphatic carbocycles. The molecule has 4 heterocycles. The Kier molecular flexibility index (Phi) is 7.00. The lowest BCUT2D eigenvalue weighted by molar-refractivity contribution is 0.284. The summed E-state index contributed by atoms with van der Waals surface area (Å²) in [5.74, 6) is 5.41. The minimum atomic E-state index is -0.666. The maximum Gasteiger partial charge on any atom is 0.439 e. The average molecular weight is 547 g/mol. The summed E-state index contributed by atoms with van der Waals surface area (Å²) in [7, 11) is 1.97. The third-order valence-corrected chi connectivity index (χ3v) is 8.45. The molecule has 1 atom stereocenters. The molecule has 0 amide bonds. The molecule has 2 saturated carbocycles. The first-order valence-electron chi connectivity index (χ1n) is 14.0. The number of rotatable bonds is 9. The quantitative estimate of drug-likeness (QED) is 0.296. The van der Waals surface area contributed by atoms with Gasteiger partial charge in [-0.25, -0.2) is 19.4 Å². The summed E-state index contributed by atoms with van der Waals surface area (Å²) >= 11 is 0. The number of hydrogen-bond acceptors (Lipinski definition) is 11. The van der Waals surface area contributed by atoms with Gasteiger partial charge in [-0.2, -0.15) is 4.98 Å². The number of terminal acetylenes is 1. The first-order chi connectivity index (χ1) is 19.4. The van der Waals surface area contributed by atoms with Gasteiger partial charge in [0.25, 0.3) is 0 Å². The minimum absolute atomic E-state index is 0.160. The van der Waals surface area contributed by atoms with Gasteiger partial charge in [0.05, 0.1) is 6.54 Å². The SMILES string of the molecule is C#CC1CCC(Cn2c(N(C)Cc3nonc3C)nc3nc(-c4noc(=O)[nH]4)nc(N[C@H](C)C4CCC4)c32)CC1. The van der Waals surface area contributed by atoms with Crippen molar-refractivity contribution in [2.75, 3.05) is 17.3 Å². The highest BCUT2D eigenvalue weighted by Gasteiger charge is 2.29. The van der Waals surface area contributed by atoms with Crippen LogP contribution in [0.3, 0.4) is 0 Å². The van der Waals surface area contributed by atoms with Gasteiger partial charge in [0.15, 0.2) is 11.5 Å². The van der Waals surface area contributed by atoms with Crippen molar-refractivity contribution in [3.8, 4) is 24.0 Å². The number of hydrogen-bond donors (Lipinski definition) is 2. The number of nitrogens with zero attached hydrogens (tertiary/aromatic N) is 8. The van der Waals surface area contributed by atoms with Crippen LogP contribution in [-0.4, -0.2) is 53.1 Å². The molecule has 210 valence electrons. The molecule has 0 spiro atoms. The second-order valence-corrected chi connectivity index (χ2v) is 11.2. The first-order valence-corrected chi connectivity index (χ1v) is 14.0. The Morgan fingerprint density at radius 3 is 2.58 bits per heavy atom. The van der Waals surface area contributed by atoms with Crippen molar-refractivity contribution >= 4 is 22.9 Å². The lowest BCUT2D eigenvalue weighted by atomic mass is 9.80. The highest BCUT2D eigenvalue weighted by Crippen LogP contribution is 2.36. The molecule has 2 N–H and O–H groups in total. The van der Waals surface area contributed by atoms with Crippen LogP contribution in [0.4, 0.5) is 11.8 Å². The van der Waals surface area contributed by atoms with E-state index in [1.807, 2.05) is 18.9 Å². The van der Waals surface area contributed by atoms with Crippen LogP contribution in [-0.2, 0) is 13.1 Å².